The molecule has 2 heterocycles. The fourth-order valence-electron chi connectivity index (χ4n) is 9.21. The number of rotatable bonds is 0. The molecule has 10 atom stereocenters. The van der Waals surface area contributed by atoms with E-state index in [4.69, 9.17) is 9.47 Å². The zero-order chi connectivity index (χ0) is 20.9. The van der Waals surface area contributed by atoms with Crippen molar-refractivity contribution in [2.45, 2.75) is 84.5 Å². The molecule has 6 rings (SSSR count). The van der Waals surface area contributed by atoms with Gasteiger partial charge < -0.3 is 9.47 Å². The Bertz CT molecular complexity index is 818. The zero-order valence-corrected chi connectivity index (χ0v) is 19.2. The Balaban J connectivity index is 1.29. The van der Waals surface area contributed by atoms with Gasteiger partial charge in [-0.15, -0.1) is 0 Å². The lowest BCUT2D eigenvalue weighted by Gasteiger charge is -2.57. The highest BCUT2D eigenvalue weighted by atomic mass is 16.7. The summed E-state index contributed by atoms with van der Waals surface area (Å²) >= 11 is 0. The van der Waals surface area contributed by atoms with Gasteiger partial charge in [0.2, 0.25) is 0 Å². The van der Waals surface area contributed by atoms with E-state index < -0.39 is 0 Å². The van der Waals surface area contributed by atoms with Crippen LogP contribution in [0.4, 0.5) is 0 Å². The van der Waals surface area contributed by atoms with Gasteiger partial charge in [-0.2, -0.15) is 0 Å². The van der Waals surface area contributed by atoms with Crippen LogP contribution in [0.25, 0.3) is 0 Å². The molecular weight excluding hydrogens is 372 g/mol. The van der Waals surface area contributed by atoms with Crippen LogP contribution in [0.3, 0.4) is 0 Å². The van der Waals surface area contributed by atoms with Gasteiger partial charge in [-0.25, -0.2) is 0 Å². The van der Waals surface area contributed by atoms with Crippen molar-refractivity contribution < 1.29 is 14.3 Å². The largest absolute Gasteiger partial charge is 0.349 e. The summed E-state index contributed by atoms with van der Waals surface area (Å²) in [5.41, 5.74) is 1.85. The van der Waals surface area contributed by atoms with Crippen LogP contribution in [-0.2, 0) is 14.3 Å². The summed E-state index contributed by atoms with van der Waals surface area (Å²) in [4.78, 5) is 12.0. The molecule has 6 aliphatic rings. The van der Waals surface area contributed by atoms with Crippen molar-refractivity contribution in [2.24, 2.45) is 46.3 Å². The van der Waals surface area contributed by atoms with E-state index in [0.717, 1.165) is 31.3 Å². The number of carbonyl (C=O) groups is 1. The number of ether oxygens (including phenoxy) is 2. The van der Waals surface area contributed by atoms with Crippen molar-refractivity contribution in [3.05, 3.63) is 23.8 Å². The topological polar surface area (TPSA) is 35.5 Å². The predicted octanol–water partition coefficient (Wildman–Crippen LogP) is 5.70. The summed E-state index contributed by atoms with van der Waals surface area (Å²) in [5, 5.41) is 0. The maximum atomic E-state index is 12.0. The van der Waals surface area contributed by atoms with Crippen LogP contribution in [0, 0.1) is 46.3 Å². The number of carbonyl (C=O) groups excluding carboxylic acids is 1. The number of hydrogen-bond acceptors (Lipinski definition) is 3. The molecule has 0 amide bonds. The fraction of sp³-hybridized carbons (Fsp3) is 0.815. The van der Waals surface area contributed by atoms with Gasteiger partial charge in [0, 0.05) is 17.8 Å². The lowest BCUT2D eigenvalue weighted by atomic mass is 9.47. The Labute approximate surface area is 181 Å². The molecule has 5 fully saturated rings. The molecule has 2 saturated heterocycles. The van der Waals surface area contributed by atoms with Gasteiger partial charge in [0.05, 0.1) is 12.7 Å². The SMILES string of the molecule is C[C@@H]1CC[C@@]2(OC1)O[C@H]1C[C@H]3[C@@H]4CCC5=CC(=O)C=C[C@]5(C)[C@H]4CC[C@]3(C)[C@H]1[C@@H]2C. The summed E-state index contributed by atoms with van der Waals surface area (Å²) in [6.07, 6.45) is 14.8. The smallest absolute Gasteiger partial charge is 0.178 e. The molecule has 0 bridgehead atoms. The molecule has 2 aliphatic heterocycles. The van der Waals surface area contributed by atoms with Crippen molar-refractivity contribution in [3.63, 3.8) is 0 Å². The second kappa shape index (κ2) is 6.32. The lowest BCUT2D eigenvalue weighted by Crippen LogP contribution is -2.52. The molecule has 3 saturated carbocycles. The van der Waals surface area contributed by atoms with Crippen LogP contribution in [0.1, 0.15) is 72.6 Å². The first-order valence-electron chi connectivity index (χ1n) is 12.5. The van der Waals surface area contributed by atoms with E-state index in [1.807, 2.05) is 12.2 Å². The molecular formula is C27H38O3. The first-order valence-corrected chi connectivity index (χ1v) is 12.5. The summed E-state index contributed by atoms with van der Waals surface area (Å²) in [6, 6.07) is 0. The Morgan fingerprint density at radius 2 is 1.90 bits per heavy atom. The second-order valence-electron chi connectivity index (χ2n) is 12.1. The minimum Gasteiger partial charge on any atom is -0.349 e. The number of fused-ring (bicyclic) bond motifs is 7. The summed E-state index contributed by atoms with van der Waals surface area (Å²) in [7, 11) is 0. The standard InChI is InChI=1S/C27H38O3/c1-16-7-12-27(29-15-16)17(2)24-23(30-27)14-22-20-6-5-18-13-19(28)8-10-25(18,3)21(20)9-11-26(22,24)4/h8,10,13,16-17,20-24H,5-7,9,11-12,14-15H2,1-4H3/t16-,17+,20-,21+,22+,23+,24+,25+,26+,27-/m1/s1. The average Bonchev–Trinajstić information content (AvgIpc) is 3.16. The van der Waals surface area contributed by atoms with Crippen molar-refractivity contribution in [1.82, 2.24) is 0 Å². The second-order valence-corrected chi connectivity index (χ2v) is 12.1. The van der Waals surface area contributed by atoms with Crippen molar-refractivity contribution >= 4 is 5.78 Å². The molecule has 3 heteroatoms. The van der Waals surface area contributed by atoms with Crippen LogP contribution in [0.5, 0.6) is 0 Å². The molecule has 4 aliphatic carbocycles. The molecule has 0 radical (unpaired) electrons. The Kier molecular flexibility index (Phi) is 4.15. The van der Waals surface area contributed by atoms with E-state index in [9.17, 15) is 4.79 Å². The molecule has 30 heavy (non-hydrogen) atoms. The highest BCUT2D eigenvalue weighted by Gasteiger charge is 2.68. The third-order valence-electron chi connectivity index (χ3n) is 10.8. The van der Waals surface area contributed by atoms with Crippen LogP contribution >= 0.6 is 0 Å². The van der Waals surface area contributed by atoms with E-state index in [0.29, 0.717) is 35.2 Å². The number of ketones is 1. The predicted molar refractivity (Wildman–Crippen MR) is 117 cm³/mol. The maximum absolute atomic E-state index is 12.0. The van der Waals surface area contributed by atoms with E-state index in [2.05, 4.69) is 33.8 Å². The summed E-state index contributed by atoms with van der Waals surface area (Å²) in [6.45, 7) is 10.6. The van der Waals surface area contributed by atoms with Gasteiger partial charge in [-0.1, -0.05) is 39.3 Å². The van der Waals surface area contributed by atoms with Crippen molar-refractivity contribution in [2.75, 3.05) is 6.61 Å². The number of hydrogen-bond donors (Lipinski definition) is 0. The summed E-state index contributed by atoms with van der Waals surface area (Å²) in [5.74, 6) is 3.83. The molecule has 3 nitrogen and oxygen atoms in total. The maximum Gasteiger partial charge on any atom is 0.178 e. The first kappa shape index (κ1) is 19.7. The molecule has 0 aromatic rings. The molecule has 0 aromatic heterocycles. The molecule has 164 valence electrons. The first-order chi connectivity index (χ1) is 14.3. The van der Waals surface area contributed by atoms with E-state index in [-0.39, 0.29) is 17.0 Å². The van der Waals surface area contributed by atoms with Gasteiger partial charge in [0.15, 0.2) is 11.6 Å². The van der Waals surface area contributed by atoms with Gasteiger partial charge in [0.1, 0.15) is 0 Å². The van der Waals surface area contributed by atoms with E-state index in [1.165, 1.54) is 37.7 Å². The third kappa shape index (κ3) is 2.43. The van der Waals surface area contributed by atoms with E-state index >= 15 is 0 Å². The normalized spacial score (nSPS) is 56.9. The third-order valence-corrected chi connectivity index (χ3v) is 10.8. The van der Waals surface area contributed by atoms with Gasteiger partial charge in [-0.05, 0) is 85.7 Å². The van der Waals surface area contributed by atoms with Gasteiger partial charge in [-0.3, -0.25) is 4.79 Å². The minimum atomic E-state index is -0.312. The highest BCUT2D eigenvalue weighted by Crippen LogP contribution is 2.70. The highest BCUT2D eigenvalue weighted by molar-refractivity contribution is 6.01. The van der Waals surface area contributed by atoms with Crippen molar-refractivity contribution in [3.8, 4) is 0 Å². The quantitative estimate of drug-likeness (QED) is 0.514. The van der Waals surface area contributed by atoms with Gasteiger partial charge in [0.25, 0.3) is 0 Å². The fourth-order valence-corrected chi connectivity index (χ4v) is 9.21. The molecule has 0 N–H and O–H groups in total. The molecule has 1 spiro atoms. The van der Waals surface area contributed by atoms with E-state index in [1.54, 1.807) is 0 Å². The Morgan fingerprint density at radius 3 is 2.67 bits per heavy atom. The van der Waals surface area contributed by atoms with Crippen LogP contribution in [-0.4, -0.2) is 24.3 Å². The number of allylic oxidation sites excluding steroid dienone is 4. The lowest BCUT2D eigenvalue weighted by molar-refractivity contribution is -0.272. The van der Waals surface area contributed by atoms with Crippen molar-refractivity contribution in [1.29, 1.82) is 0 Å². The van der Waals surface area contributed by atoms with Gasteiger partial charge >= 0.3 is 0 Å². The average molecular weight is 411 g/mol. The minimum absolute atomic E-state index is 0.0895. The molecule has 0 unspecified atom stereocenters. The Hall–Kier alpha value is -0.930. The monoisotopic (exact) mass is 410 g/mol. The Morgan fingerprint density at radius 1 is 1.07 bits per heavy atom. The summed E-state index contributed by atoms with van der Waals surface area (Å²) < 4.78 is 13.3. The molecule has 0 aromatic carbocycles. The van der Waals surface area contributed by atoms with Crippen LogP contribution < -0.4 is 0 Å². The zero-order valence-electron chi connectivity index (χ0n) is 19.2. The van der Waals surface area contributed by atoms with Crippen LogP contribution in [0.2, 0.25) is 0 Å². The van der Waals surface area contributed by atoms with Crippen LogP contribution in [0.15, 0.2) is 23.8 Å².